The normalized spacial score (nSPS) is 11.9. The van der Waals surface area contributed by atoms with Gasteiger partial charge in [0.1, 0.15) is 0 Å². The molecule has 1 rings (SSSR count). The molecule has 1 heterocycles. The Bertz CT molecular complexity index is 401. The van der Waals surface area contributed by atoms with Crippen LogP contribution in [0.15, 0.2) is 22.8 Å². The van der Waals surface area contributed by atoms with Crippen molar-refractivity contribution in [2.24, 2.45) is 0 Å². The van der Waals surface area contributed by atoms with Crippen molar-refractivity contribution in [1.82, 2.24) is 10.2 Å². The van der Waals surface area contributed by atoms with Crippen LogP contribution in [0.5, 0.6) is 0 Å². The van der Waals surface area contributed by atoms with Gasteiger partial charge >= 0.3 is 0 Å². The lowest BCUT2D eigenvalue weighted by molar-refractivity contribution is -0.129. The molecule has 0 aliphatic rings. The number of nitrogens with one attached hydrogen (secondary N) is 1. The van der Waals surface area contributed by atoms with Crippen LogP contribution in [0.25, 0.3) is 0 Å². The lowest BCUT2D eigenvalue weighted by atomic mass is 10.2. The molecule has 0 aliphatic heterocycles. The van der Waals surface area contributed by atoms with E-state index in [4.69, 9.17) is 9.52 Å². The fourth-order valence-electron chi connectivity index (χ4n) is 1.47. The molecule has 19 heavy (non-hydrogen) atoms. The summed E-state index contributed by atoms with van der Waals surface area (Å²) in [6.45, 7) is 2.45. The van der Waals surface area contributed by atoms with Gasteiger partial charge in [-0.1, -0.05) is 0 Å². The van der Waals surface area contributed by atoms with E-state index in [1.807, 2.05) is 0 Å². The predicted octanol–water partition coefficient (Wildman–Crippen LogP) is 0.629. The standard InChI is InChI=1S/C13H20N2O4/c1-10(16)6-8-15(2)12(17)5-7-14-13(18)11-4-3-9-19-11/h3-4,9-10,16H,5-8H2,1-2H3,(H,14,18). The Morgan fingerprint density at radius 2 is 2.26 bits per heavy atom. The van der Waals surface area contributed by atoms with E-state index < -0.39 is 6.10 Å². The maximum Gasteiger partial charge on any atom is 0.286 e. The minimum Gasteiger partial charge on any atom is -0.459 e. The van der Waals surface area contributed by atoms with E-state index in [-0.39, 0.29) is 30.5 Å². The molecule has 0 fully saturated rings. The van der Waals surface area contributed by atoms with Gasteiger partial charge in [-0.25, -0.2) is 0 Å². The monoisotopic (exact) mass is 268 g/mol. The zero-order chi connectivity index (χ0) is 14.3. The molecule has 0 spiro atoms. The Hall–Kier alpha value is -1.82. The van der Waals surface area contributed by atoms with Crippen molar-refractivity contribution in [3.63, 3.8) is 0 Å². The van der Waals surface area contributed by atoms with Gasteiger partial charge in [-0.15, -0.1) is 0 Å². The maximum atomic E-state index is 11.7. The molecule has 0 radical (unpaired) electrons. The Kier molecular flexibility index (Phi) is 6.08. The largest absolute Gasteiger partial charge is 0.459 e. The smallest absolute Gasteiger partial charge is 0.286 e. The average molecular weight is 268 g/mol. The Morgan fingerprint density at radius 1 is 1.53 bits per heavy atom. The molecular weight excluding hydrogens is 248 g/mol. The number of hydrogen-bond acceptors (Lipinski definition) is 4. The van der Waals surface area contributed by atoms with Crippen molar-refractivity contribution in [2.75, 3.05) is 20.1 Å². The van der Waals surface area contributed by atoms with Crippen LogP contribution in [0, 0.1) is 0 Å². The summed E-state index contributed by atoms with van der Waals surface area (Å²) in [6.07, 6.45) is 1.77. The van der Waals surface area contributed by atoms with E-state index in [1.165, 1.54) is 6.26 Å². The zero-order valence-corrected chi connectivity index (χ0v) is 11.3. The van der Waals surface area contributed by atoms with Crippen LogP contribution < -0.4 is 5.32 Å². The van der Waals surface area contributed by atoms with Crippen molar-refractivity contribution in [3.8, 4) is 0 Å². The molecule has 6 nitrogen and oxygen atoms in total. The van der Waals surface area contributed by atoms with Crippen LogP contribution in [-0.4, -0.2) is 48.1 Å². The summed E-state index contributed by atoms with van der Waals surface area (Å²) in [5, 5.41) is 11.7. The molecule has 6 heteroatoms. The Labute approximate surface area is 112 Å². The van der Waals surface area contributed by atoms with Crippen LogP contribution in [0.4, 0.5) is 0 Å². The molecule has 0 saturated carbocycles. The Morgan fingerprint density at radius 3 is 2.84 bits per heavy atom. The molecule has 1 atom stereocenters. The number of hydrogen-bond donors (Lipinski definition) is 2. The molecular formula is C13H20N2O4. The van der Waals surface area contributed by atoms with Crippen molar-refractivity contribution in [2.45, 2.75) is 25.9 Å². The first kappa shape index (κ1) is 15.2. The summed E-state index contributed by atoms with van der Waals surface area (Å²) < 4.78 is 4.93. The van der Waals surface area contributed by atoms with E-state index >= 15 is 0 Å². The van der Waals surface area contributed by atoms with Crippen LogP contribution >= 0.6 is 0 Å². The Balaban J connectivity index is 2.21. The van der Waals surface area contributed by atoms with E-state index in [0.29, 0.717) is 13.0 Å². The molecule has 106 valence electrons. The van der Waals surface area contributed by atoms with Gasteiger partial charge in [-0.3, -0.25) is 9.59 Å². The fourth-order valence-corrected chi connectivity index (χ4v) is 1.47. The summed E-state index contributed by atoms with van der Waals surface area (Å²) in [6, 6.07) is 3.19. The molecule has 0 bridgehead atoms. The second-order valence-corrected chi connectivity index (χ2v) is 4.44. The second-order valence-electron chi connectivity index (χ2n) is 4.44. The number of carbonyl (C=O) groups excluding carboxylic acids is 2. The molecule has 0 aliphatic carbocycles. The van der Waals surface area contributed by atoms with E-state index in [9.17, 15) is 9.59 Å². The lowest BCUT2D eigenvalue weighted by Gasteiger charge is -2.18. The summed E-state index contributed by atoms with van der Waals surface area (Å²) in [7, 11) is 1.68. The number of rotatable bonds is 7. The van der Waals surface area contributed by atoms with Crippen molar-refractivity contribution in [3.05, 3.63) is 24.2 Å². The minimum atomic E-state index is -0.422. The quantitative estimate of drug-likeness (QED) is 0.759. The van der Waals surface area contributed by atoms with Gasteiger partial charge in [0.25, 0.3) is 5.91 Å². The number of furan rings is 1. The van der Waals surface area contributed by atoms with Gasteiger partial charge in [-0.05, 0) is 25.5 Å². The summed E-state index contributed by atoms with van der Waals surface area (Å²) in [5.41, 5.74) is 0. The van der Waals surface area contributed by atoms with Crippen molar-refractivity contribution < 1.29 is 19.1 Å². The van der Waals surface area contributed by atoms with Crippen LogP contribution in [0.1, 0.15) is 30.3 Å². The van der Waals surface area contributed by atoms with Crippen molar-refractivity contribution >= 4 is 11.8 Å². The number of carbonyl (C=O) groups is 2. The zero-order valence-electron chi connectivity index (χ0n) is 11.3. The van der Waals surface area contributed by atoms with Crippen LogP contribution in [-0.2, 0) is 4.79 Å². The summed E-state index contributed by atoms with van der Waals surface area (Å²) in [5.74, 6) is -0.167. The van der Waals surface area contributed by atoms with Gasteiger partial charge in [0.2, 0.25) is 5.91 Å². The first-order valence-corrected chi connectivity index (χ1v) is 6.24. The molecule has 1 unspecified atom stereocenters. The van der Waals surface area contributed by atoms with Gasteiger partial charge in [0.15, 0.2) is 5.76 Å². The second kappa shape index (κ2) is 7.58. The predicted molar refractivity (Wildman–Crippen MR) is 69.6 cm³/mol. The SMILES string of the molecule is CC(O)CCN(C)C(=O)CCNC(=O)c1ccco1. The fraction of sp³-hybridized carbons (Fsp3) is 0.538. The highest BCUT2D eigenvalue weighted by molar-refractivity contribution is 5.91. The third kappa shape index (κ3) is 5.56. The van der Waals surface area contributed by atoms with Crippen LogP contribution in [0.3, 0.4) is 0 Å². The molecule has 0 saturated heterocycles. The van der Waals surface area contributed by atoms with E-state index in [0.717, 1.165) is 0 Å². The van der Waals surface area contributed by atoms with Crippen molar-refractivity contribution in [1.29, 1.82) is 0 Å². The first-order valence-electron chi connectivity index (χ1n) is 6.24. The molecule has 2 N–H and O–H groups in total. The molecule has 1 aromatic rings. The maximum absolute atomic E-state index is 11.7. The molecule has 1 aromatic heterocycles. The molecule has 0 aromatic carbocycles. The van der Waals surface area contributed by atoms with Crippen LogP contribution in [0.2, 0.25) is 0 Å². The highest BCUT2D eigenvalue weighted by atomic mass is 16.3. The van der Waals surface area contributed by atoms with Gasteiger partial charge in [0, 0.05) is 26.6 Å². The third-order valence-corrected chi connectivity index (χ3v) is 2.68. The molecule has 2 amide bonds. The average Bonchev–Trinajstić information content (AvgIpc) is 2.89. The number of aliphatic hydroxyl groups excluding tert-OH is 1. The summed E-state index contributed by atoms with van der Waals surface area (Å²) in [4.78, 5) is 24.7. The number of amides is 2. The van der Waals surface area contributed by atoms with Gasteiger partial charge in [-0.2, -0.15) is 0 Å². The van der Waals surface area contributed by atoms with E-state index in [1.54, 1.807) is 31.0 Å². The topological polar surface area (TPSA) is 82.8 Å². The van der Waals surface area contributed by atoms with Gasteiger partial charge in [0.05, 0.1) is 12.4 Å². The number of nitrogens with zero attached hydrogens (tertiary/aromatic N) is 1. The lowest BCUT2D eigenvalue weighted by Crippen LogP contribution is -2.33. The third-order valence-electron chi connectivity index (χ3n) is 2.68. The number of aliphatic hydroxyl groups is 1. The highest BCUT2D eigenvalue weighted by Crippen LogP contribution is 2.00. The van der Waals surface area contributed by atoms with Gasteiger partial charge < -0.3 is 19.7 Å². The highest BCUT2D eigenvalue weighted by Gasteiger charge is 2.11. The van der Waals surface area contributed by atoms with E-state index in [2.05, 4.69) is 5.32 Å². The summed E-state index contributed by atoms with van der Waals surface area (Å²) >= 11 is 0. The first-order chi connectivity index (χ1) is 9.00. The minimum absolute atomic E-state index is 0.0691.